The summed E-state index contributed by atoms with van der Waals surface area (Å²) in [7, 11) is 0. The van der Waals surface area contributed by atoms with Gasteiger partial charge in [0.1, 0.15) is 0 Å². The van der Waals surface area contributed by atoms with Crippen LogP contribution in [0.25, 0.3) is 0 Å². The fourth-order valence-corrected chi connectivity index (χ4v) is 3.02. The zero-order valence-corrected chi connectivity index (χ0v) is 9.60. The number of pyridine rings is 1. The van der Waals surface area contributed by atoms with Crippen LogP contribution >= 0.6 is 0 Å². The van der Waals surface area contributed by atoms with Gasteiger partial charge in [-0.2, -0.15) is 0 Å². The van der Waals surface area contributed by atoms with Gasteiger partial charge in [0, 0.05) is 18.8 Å². The van der Waals surface area contributed by atoms with Crippen LogP contribution in [-0.4, -0.2) is 28.4 Å². The van der Waals surface area contributed by atoms with E-state index >= 15 is 0 Å². The Kier molecular flexibility index (Phi) is 2.48. The summed E-state index contributed by atoms with van der Waals surface area (Å²) < 4.78 is 0. The number of fused-ring (bicyclic) bond motifs is 2. The highest BCUT2D eigenvalue weighted by Crippen LogP contribution is 2.38. The number of hydrogen-bond acceptors (Lipinski definition) is 4. The van der Waals surface area contributed by atoms with Crippen molar-refractivity contribution in [3.63, 3.8) is 0 Å². The molecule has 0 spiro atoms. The largest absolute Gasteiger partial charge is 0.335 e. The number of carbonyl (C=O) groups is 1. The van der Waals surface area contributed by atoms with E-state index in [1.807, 2.05) is 4.90 Å². The fraction of sp³-hybridized carbons (Fsp3) is 0.500. The van der Waals surface area contributed by atoms with Crippen LogP contribution in [0.15, 0.2) is 18.3 Å². The van der Waals surface area contributed by atoms with Crippen molar-refractivity contribution >= 4 is 11.7 Å². The number of amides is 1. The summed E-state index contributed by atoms with van der Waals surface area (Å²) >= 11 is 0. The van der Waals surface area contributed by atoms with Crippen LogP contribution in [0.1, 0.15) is 29.6 Å². The molecule has 1 aromatic heterocycles. The lowest BCUT2D eigenvalue weighted by atomic mass is 10.1. The Labute approximate surface area is 100.0 Å². The maximum Gasteiger partial charge on any atom is 0.257 e. The van der Waals surface area contributed by atoms with Gasteiger partial charge >= 0.3 is 0 Å². The molecule has 2 atom stereocenters. The Morgan fingerprint density at radius 2 is 2.41 bits per heavy atom. The van der Waals surface area contributed by atoms with Gasteiger partial charge in [-0.05, 0) is 37.3 Å². The molecule has 2 unspecified atom stereocenters. The molecule has 1 aliphatic heterocycles. The molecule has 1 amide bonds. The van der Waals surface area contributed by atoms with E-state index in [9.17, 15) is 4.79 Å². The molecule has 2 heterocycles. The van der Waals surface area contributed by atoms with Crippen molar-refractivity contribution in [1.29, 1.82) is 0 Å². The third-order valence-electron chi connectivity index (χ3n) is 3.84. The van der Waals surface area contributed by atoms with Crippen molar-refractivity contribution in [2.45, 2.75) is 25.3 Å². The van der Waals surface area contributed by atoms with Gasteiger partial charge in [-0.1, -0.05) is 0 Å². The Balaban J connectivity index is 1.86. The number of carbonyl (C=O) groups excluding carboxylic acids is 1. The normalized spacial score (nSPS) is 26.3. The van der Waals surface area contributed by atoms with E-state index in [2.05, 4.69) is 10.4 Å². The van der Waals surface area contributed by atoms with Crippen molar-refractivity contribution in [3.8, 4) is 0 Å². The van der Waals surface area contributed by atoms with Gasteiger partial charge in [0.05, 0.1) is 5.56 Å². The predicted octanol–water partition coefficient (Wildman–Crippen LogP) is 0.992. The molecule has 90 valence electrons. The number of piperidine rings is 1. The number of hydrazine groups is 1. The van der Waals surface area contributed by atoms with Crippen LogP contribution in [0, 0.1) is 5.92 Å². The van der Waals surface area contributed by atoms with Crippen LogP contribution in [0.3, 0.4) is 0 Å². The van der Waals surface area contributed by atoms with Gasteiger partial charge in [-0.15, -0.1) is 0 Å². The third kappa shape index (κ3) is 1.67. The predicted molar refractivity (Wildman–Crippen MR) is 64.2 cm³/mol. The fourth-order valence-electron chi connectivity index (χ4n) is 3.02. The second kappa shape index (κ2) is 4.00. The minimum absolute atomic E-state index is 0.0539. The van der Waals surface area contributed by atoms with Gasteiger partial charge in [0.25, 0.3) is 5.91 Å². The van der Waals surface area contributed by atoms with Crippen LogP contribution in [0.5, 0.6) is 0 Å². The lowest BCUT2D eigenvalue weighted by Crippen LogP contribution is -2.38. The molecule has 1 saturated carbocycles. The second-order valence-corrected chi connectivity index (χ2v) is 4.83. The van der Waals surface area contributed by atoms with E-state index in [1.54, 1.807) is 18.3 Å². The van der Waals surface area contributed by atoms with Crippen LogP contribution in [-0.2, 0) is 0 Å². The molecule has 1 aliphatic carbocycles. The first-order valence-corrected chi connectivity index (χ1v) is 6.02. The molecule has 2 fully saturated rings. The van der Waals surface area contributed by atoms with Crippen molar-refractivity contribution in [2.75, 3.05) is 12.0 Å². The average molecular weight is 232 g/mol. The smallest absolute Gasteiger partial charge is 0.257 e. The summed E-state index contributed by atoms with van der Waals surface area (Å²) in [6.07, 6.45) is 5.20. The molecule has 3 rings (SSSR count). The average Bonchev–Trinajstić information content (AvgIpc) is 3.00. The lowest BCUT2D eigenvalue weighted by Gasteiger charge is -2.27. The SMILES string of the molecule is NNc1ncccc1C(=O)N1CC2CCC1C2. The minimum atomic E-state index is 0.0539. The molecule has 1 aromatic rings. The van der Waals surface area contributed by atoms with Crippen molar-refractivity contribution in [1.82, 2.24) is 9.88 Å². The summed E-state index contributed by atoms with van der Waals surface area (Å²) in [6.45, 7) is 0.891. The van der Waals surface area contributed by atoms with Crippen molar-refractivity contribution in [2.24, 2.45) is 11.8 Å². The van der Waals surface area contributed by atoms with E-state index in [-0.39, 0.29) is 5.91 Å². The van der Waals surface area contributed by atoms with Gasteiger partial charge < -0.3 is 10.3 Å². The van der Waals surface area contributed by atoms with Crippen LogP contribution in [0.4, 0.5) is 5.82 Å². The molecule has 0 aromatic carbocycles. The molecule has 17 heavy (non-hydrogen) atoms. The summed E-state index contributed by atoms with van der Waals surface area (Å²) in [4.78, 5) is 18.5. The quantitative estimate of drug-likeness (QED) is 0.589. The Hall–Kier alpha value is -1.62. The Bertz CT molecular complexity index is 448. The Morgan fingerprint density at radius 1 is 1.53 bits per heavy atom. The zero-order chi connectivity index (χ0) is 11.8. The van der Waals surface area contributed by atoms with E-state index in [0.717, 1.165) is 19.4 Å². The number of hydrogen-bond donors (Lipinski definition) is 2. The van der Waals surface area contributed by atoms with Crippen molar-refractivity contribution < 1.29 is 4.79 Å². The Morgan fingerprint density at radius 3 is 3.06 bits per heavy atom. The van der Waals surface area contributed by atoms with E-state index in [4.69, 9.17) is 5.84 Å². The van der Waals surface area contributed by atoms with Gasteiger partial charge in [0.2, 0.25) is 0 Å². The highest BCUT2D eigenvalue weighted by molar-refractivity contribution is 5.99. The molecular weight excluding hydrogens is 216 g/mol. The van der Waals surface area contributed by atoms with E-state index in [0.29, 0.717) is 23.3 Å². The van der Waals surface area contributed by atoms with Gasteiger partial charge in [-0.3, -0.25) is 4.79 Å². The molecule has 5 nitrogen and oxygen atoms in total. The maximum atomic E-state index is 12.4. The topological polar surface area (TPSA) is 71.2 Å². The number of nitrogens with zero attached hydrogens (tertiary/aromatic N) is 2. The first-order chi connectivity index (χ1) is 8.29. The van der Waals surface area contributed by atoms with Gasteiger partial charge in [0.15, 0.2) is 5.82 Å². The number of likely N-dealkylation sites (tertiary alicyclic amines) is 1. The molecule has 2 aliphatic rings. The molecule has 0 radical (unpaired) electrons. The van der Waals surface area contributed by atoms with E-state index < -0.39 is 0 Å². The third-order valence-corrected chi connectivity index (χ3v) is 3.84. The summed E-state index contributed by atoms with van der Waals surface area (Å²) in [5.41, 5.74) is 3.06. The highest BCUT2D eigenvalue weighted by atomic mass is 16.2. The summed E-state index contributed by atoms with van der Waals surface area (Å²) in [5, 5.41) is 0. The van der Waals surface area contributed by atoms with E-state index in [1.165, 1.54) is 6.42 Å². The van der Waals surface area contributed by atoms with Crippen LogP contribution in [0.2, 0.25) is 0 Å². The lowest BCUT2D eigenvalue weighted by molar-refractivity contribution is 0.0704. The summed E-state index contributed by atoms with van der Waals surface area (Å²) in [6, 6.07) is 3.97. The number of aromatic nitrogens is 1. The van der Waals surface area contributed by atoms with Gasteiger partial charge in [-0.25, -0.2) is 10.8 Å². The minimum Gasteiger partial charge on any atom is -0.335 e. The number of rotatable bonds is 2. The zero-order valence-electron chi connectivity index (χ0n) is 9.60. The standard InChI is InChI=1S/C12H16N4O/c13-15-11-10(2-1-5-14-11)12(17)16-7-8-3-4-9(16)6-8/h1-2,5,8-9H,3-4,6-7,13H2,(H,14,15). The molecule has 1 saturated heterocycles. The summed E-state index contributed by atoms with van der Waals surface area (Å²) in [5.74, 6) is 6.60. The van der Waals surface area contributed by atoms with Crippen molar-refractivity contribution in [3.05, 3.63) is 23.9 Å². The molecule has 5 heteroatoms. The maximum absolute atomic E-state index is 12.4. The molecule has 2 bridgehead atoms. The molecular formula is C12H16N4O. The number of nitrogen functional groups attached to an aromatic ring is 1. The molecule has 3 N–H and O–H groups in total. The second-order valence-electron chi connectivity index (χ2n) is 4.83. The monoisotopic (exact) mass is 232 g/mol. The number of nitrogens with one attached hydrogen (secondary N) is 1. The van der Waals surface area contributed by atoms with Crippen LogP contribution < -0.4 is 11.3 Å². The highest BCUT2D eigenvalue weighted by Gasteiger charge is 2.40. The first kappa shape index (κ1) is 10.5. The number of nitrogens with two attached hydrogens (primary N) is 1. The first-order valence-electron chi connectivity index (χ1n) is 6.02. The number of anilines is 1.